The van der Waals surface area contributed by atoms with Crippen molar-refractivity contribution in [3.63, 3.8) is 0 Å². The number of carbonyl (C=O) groups is 1. The first-order valence-electron chi connectivity index (χ1n) is 9.07. The summed E-state index contributed by atoms with van der Waals surface area (Å²) in [7, 11) is -3.31. The number of amides is 1. The van der Waals surface area contributed by atoms with E-state index in [1.54, 1.807) is 0 Å². The van der Waals surface area contributed by atoms with Gasteiger partial charge in [0.05, 0.1) is 24.8 Å². The summed E-state index contributed by atoms with van der Waals surface area (Å²) in [6.45, 7) is 2.46. The second-order valence-corrected chi connectivity index (χ2v) is 9.37. The molecule has 0 unspecified atom stereocenters. The Labute approximate surface area is 153 Å². The molecule has 1 aliphatic carbocycles. The van der Waals surface area contributed by atoms with Crippen LogP contribution in [0.2, 0.25) is 0 Å². The van der Waals surface area contributed by atoms with Crippen LogP contribution in [0.4, 0.5) is 0 Å². The van der Waals surface area contributed by atoms with Crippen molar-refractivity contribution in [3.8, 4) is 0 Å². The average molecular weight is 382 g/mol. The van der Waals surface area contributed by atoms with Gasteiger partial charge in [0.25, 0.3) is 5.56 Å². The first-order valence-corrected chi connectivity index (χ1v) is 10.9. The third kappa shape index (κ3) is 4.15. The Kier molecular flexibility index (Phi) is 5.47. The minimum Gasteiger partial charge on any atom is -0.352 e. The lowest BCUT2D eigenvalue weighted by atomic mass is 9.86. The summed E-state index contributed by atoms with van der Waals surface area (Å²) in [5.74, 6) is 0.272. The van der Waals surface area contributed by atoms with Crippen molar-refractivity contribution in [1.82, 2.24) is 19.2 Å². The molecule has 0 radical (unpaired) electrons. The van der Waals surface area contributed by atoms with Crippen LogP contribution in [0.15, 0.2) is 11.1 Å². The highest BCUT2D eigenvalue weighted by atomic mass is 32.2. The molecule has 1 aromatic heterocycles. The van der Waals surface area contributed by atoms with E-state index in [9.17, 15) is 18.0 Å². The maximum Gasteiger partial charge on any atom is 0.257 e. The van der Waals surface area contributed by atoms with E-state index in [1.807, 2.05) is 0 Å². The predicted molar refractivity (Wildman–Crippen MR) is 97.0 cm³/mol. The van der Waals surface area contributed by atoms with Gasteiger partial charge in [-0.25, -0.2) is 13.4 Å². The molecule has 2 atom stereocenters. The second kappa shape index (κ2) is 7.48. The summed E-state index contributed by atoms with van der Waals surface area (Å²) in [6, 6.07) is 0.167. The average Bonchev–Trinajstić information content (AvgIpc) is 2.58. The number of carbonyl (C=O) groups excluding carboxylic acids is 1. The predicted octanol–water partition coefficient (Wildman–Crippen LogP) is 0.256. The van der Waals surface area contributed by atoms with E-state index < -0.39 is 10.0 Å². The minimum atomic E-state index is -3.31. The topological polar surface area (TPSA) is 101 Å². The number of sulfonamides is 1. The van der Waals surface area contributed by atoms with Crippen molar-refractivity contribution in [2.24, 2.45) is 5.92 Å². The molecule has 1 amide bonds. The molecule has 9 heteroatoms. The number of nitrogens with zero attached hydrogens (tertiary/aromatic N) is 3. The van der Waals surface area contributed by atoms with Gasteiger partial charge in [-0.3, -0.25) is 14.2 Å². The standard InChI is InChI=1S/C17H26N4O4S/c1-12-5-3-4-6-14(12)19-16(22)10-20-11-18-15-9-21(26(2,24)25)8-7-13(15)17(20)23/h11-12,14H,3-10H2,1-2H3,(H,19,22)/t12-,14-/m1/s1. The van der Waals surface area contributed by atoms with Crippen LogP contribution in [-0.4, -0.2) is 47.0 Å². The lowest BCUT2D eigenvalue weighted by Crippen LogP contribution is -2.44. The molecule has 144 valence electrons. The Morgan fingerprint density at radius 1 is 1.35 bits per heavy atom. The quantitative estimate of drug-likeness (QED) is 0.805. The fourth-order valence-corrected chi connectivity index (χ4v) is 4.55. The van der Waals surface area contributed by atoms with E-state index in [0.29, 0.717) is 23.6 Å². The van der Waals surface area contributed by atoms with Gasteiger partial charge in [0.15, 0.2) is 0 Å². The number of hydrogen-bond donors (Lipinski definition) is 1. The minimum absolute atomic E-state index is 0.0574. The van der Waals surface area contributed by atoms with Crippen LogP contribution >= 0.6 is 0 Å². The molecule has 1 saturated carbocycles. The Hall–Kier alpha value is -1.74. The first-order chi connectivity index (χ1) is 12.3. The van der Waals surface area contributed by atoms with Gasteiger partial charge >= 0.3 is 0 Å². The fourth-order valence-electron chi connectivity index (χ4n) is 3.77. The summed E-state index contributed by atoms with van der Waals surface area (Å²) < 4.78 is 26.0. The highest BCUT2D eigenvalue weighted by molar-refractivity contribution is 7.88. The van der Waals surface area contributed by atoms with Gasteiger partial charge in [-0.05, 0) is 25.2 Å². The highest BCUT2D eigenvalue weighted by Crippen LogP contribution is 2.23. The van der Waals surface area contributed by atoms with Crippen molar-refractivity contribution in [2.45, 2.75) is 58.2 Å². The summed E-state index contributed by atoms with van der Waals surface area (Å²) in [5.41, 5.74) is 0.727. The molecule has 0 spiro atoms. The molecule has 0 saturated heterocycles. The van der Waals surface area contributed by atoms with Crippen LogP contribution in [0.25, 0.3) is 0 Å². The van der Waals surface area contributed by atoms with E-state index in [4.69, 9.17) is 0 Å². The summed E-state index contributed by atoms with van der Waals surface area (Å²) >= 11 is 0. The van der Waals surface area contributed by atoms with Crippen LogP contribution < -0.4 is 10.9 Å². The van der Waals surface area contributed by atoms with Crippen LogP contribution in [-0.2, 0) is 34.3 Å². The second-order valence-electron chi connectivity index (χ2n) is 7.39. The summed E-state index contributed by atoms with van der Waals surface area (Å²) in [5, 5.41) is 3.04. The van der Waals surface area contributed by atoms with E-state index in [2.05, 4.69) is 17.2 Å². The third-order valence-corrected chi connectivity index (χ3v) is 6.65. The molecule has 2 aliphatic rings. The molecule has 8 nitrogen and oxygen atoms in total. The molecule has 3 rings (SSSR count). The van der Waals surface area contributed by atoms with Gasteiger partial charge in [-0.2, -0.15) is 4.31 Å². The Bertz CT molecular complexity index is 849. The number of fused-ring (bicyclic) bond motifs is 1. The maximum absolute atomic E-state index is 12.6. The van der Waals surface area contributed by atoms with Crippen LogP contribution in [0.3, 0.4) is 0 Å². The number of rotatable bonds is 4. The maximum atomic E-state index is 12.6. The van der Waals surface area contributed by atoms with Crippen molar-refractivity contribution in [1.29, 1.82) is 0 Å². The number of aromatic nitrogens is 2. The van der Waals surface area contributed by atoms with Crippen molar-refractivity contribution < 1.29 is 13.2 Å². The van der Waals surface area contributed by atoms with Crippen LogP contribution in [0.5, 0.6) is 0 Å². The fraction of sp³-hybridized carbons (Fsp3) is 0.706. The zero-order valence-electron chi connectivity index (χ0n) is 15.3. The molecule has 0 bridgehead atoms. The number of nitrogens with one attached hydrogen (secondary N) is 1. The normalized spacial score (nSPS) is 24.1. The summed E-state index contributed by atoms with van der Waals surface area (Å²) in [4.78, 5) is 29.2. The number of hydrogen-bond acceptors (Lipinski definition) is 5. The first kappa shape index (κ1) is 19.0. The van der Waals surface area contributed by atoms with Gasteiger partial charge in [0.1, 0.15) is 6.54 Å². The van der Waals surface area contributed by atoms with Gasteiger partial charge in [0, 0.05) is 18.2 Å². The third-order valence-electron chi connectivity index (χ3n) is 5.40. The molecule has 0 aromatic carbocycles. The molecule has 1 fully saturated rings. The molecular formula is C17H26N4O4S. The highest BCUT2D eigenvalue weighted by Gasteiger charge is 2.27. The van der Waals surface area contributed by atoms with E-state index in [-0.39, 0.29) is 37.1 Å². The zero-order valence-corrected chi connectivity index (χ0v) is 16.1. The van der Waals surface area contributed by atoms with Crippen molar-refractivity contribution in [2.75, 3.05) is 12.8 Å². The van der Waals surface area contributed by atoms with Crippen LogP contribution in [0.1, 0.15) is 43.9 Å². The smallest absolute Gasteiger partial charge is 0.257 e. The molecule has 1 aliphatic heterocycles. The zero-order chi connectivity index (χ0) is 18.9. The van der Waals surface area contributed by atoms with Crippen molar-refractivity contribution in [3.05, 3.63) is 27.9 Å². The molecule has 1 N–H and O–H groups in total. The monoisotopic (exact) mass is 382 g/mol. The van der Waals surface area contributed by atoms with E-state index in [1.165, 1.54) is 21.6 Å². The molecule has 26 heavy (non-hydrogen) atoms. The van der Waals surface area contributed by atoms with Gasteiger partial charge in [0.2, 0.25) is 15.9 Å². The van der Waals surface area contributed by atoms with Crippen molar-refractivity contribution >= 4 is 15.9 Å². The SMILES string of the molecule is C[C@@H]1CCCC[C@H]1NC(=O)Cn1cnc2c(c1=O)CCN(S(C)(=O)=O)C2. The summed E-state index contributed by atoms with van der Waals surface area (Å²) in [6.07, 6.45) is 7.22. The van der Waals surface area contributed by atoms with E-state index >= 15 is 0 Å². The van der Waals surface area contributed by atoms with E-state index in [0.717, 1.165) is 25.5 Å². The lowest BCUT2D eigenvalue weighted by molar-refractivity contribution is -0.123. The van der Waals surface area contributed by atoms with Crippen LogP contribution in [0, 0.1) is 5.92 Å². The van der Waals surface area contributed by atoms with Gasteiger partial charge < -0.3 is 5.32 Å². The Morgan fingerprint density at radius 2 is 2.08 bits per heavy atom. The molecular weight excluding hydrogens is 356 g/mol. The Balaban J connectivity index is 1.70. The Morgan fingerprint density at radius 3 is 2.77 bits per heavy atom. The van der Waals surface area contributed by atoms with Gasteiger partial charge in [-0.15, -0.1) is 0 Å². The molecule has 2 heterocycles. The largest absolute Gasteiger partial charge is 0.352 e. The molecule has 1 aromatic rings. The lowest BCUT2D eigenvalue weighted by Gasteiger charge is -2.29. The van der Waals surface area contributed by atoms with Gasteiger partial charge in [-0.1, -0.05) is 19.8 Å².